The van der Waals surface area contributed by atoms with Crippen molar-refractivity contribution in [3.05, 3.63) is 53.1 Å². The quantitative estimate of drug-likeness (QED) is 0.755. The van der Waals surface area contributed by atoms with E-state index in [0.29, 0.717) is 22.7 Å². The Hall–Kier alpha value is -3.02. The third-order valence-electron chi connectivity index (χ3n) is 4.16. The van der Waals surface area contributed by atoms with Crippen LogP contribution in [0.25, 0.3) is 0 Å². The molecule has 144 valence electrons. The van der Waals surface area contributed by atoms with Crippen molar-refractivity contribution in [1.29, 1.82) is 0 Å². The first-order valence-electron chi connectivity index (χ1n) is 8.62. The number of aryl methyl sites for hydroxylation is 2. The number of esters is 1. The second-order valence-electron chi connectivity index (χ2n) is 6.29. The topological polar surface area (TPSA) is 73.9 Å². The molecule has 0 bridgehead atoms. The van der Waals surface area contributed by atoms with Crippen molar-refractivity contribution < 1.29 is 23.8 Å². The molecular formula is C21H25NO5. The number of ether oxygens (including phenoxy) is 3. The van der Waals surface area contributed by atoms with E-state index < -0.39 is 12.1 Å². The Morgan fingerprint density at radius 1 is 1.04 bits per heavy atom. The standard InChI is InChI=1S/C21H25NO5/c1-13-6-7-14(2)18(10-13)22-21(24)15(3)27-20(23)11-16-8-9-17(25-4)12-19(16)26-5/h6-10,12,15H,11H2,1-5H3,(H,22,24)/t15-/m0/s1. The molecule has 0 aromatic heterocycles. The van der Waals surface area contributed by atoms with Crippen molar-refractivity contribution in [1.82, 2.24) is 0 Å². The first-order chi connectivity index (χ1) is 12.8. The highest BCUT2D eigenvalue weighted by Gasteiger charge is 2.20. The summed E-state index contributed by atoms with van der Waals surface area (Å²) in [6.07, 6.45) is -0.921. The van der Waals surface area contributed by atoms with Crippen molar-refractivity contribution in [2.75, 3.05) is 19.5 Å². The summed E-state index contributed by atoms with van der Waals surface area (Å²) in [5.41, 5.74) is 3.34. The molecule has 0 aliphatic carbocycles. The van der Waals surface area contributed by atoms with Gasteiger partial charge in [0.05, 0.1) is 20.6 Å². The number of carbonyl (C=O) groups is 2. The fourth-order valence-electron chi connectivity index (χ4n) is 2.55. The summed E-state index contributed by atoms with van der Waals surface area (Å²) in [7, 11) is 3.07. The summed E-state index contributed by atoms with van der Waals surface area (Å²) in [5, 5.41) is 2.80. The van der Waals surface area contributed by atoms with E-state index in [1.54, 1.807) is 32.2 Å². The average molecular weight is 371 g/mol. The number of benzene rings is 2. The molecule has 1 N–H and O–H groups in total. The Kier molecular flexibility index (Phi) is 6.82. The first kappa shape index (κ1) is 20.3. The summed E-state index contributed by atoms with van der Waals surface area (Å²) in [6, 6.07) is 10.9. The summed E-state index contributed by atoms with van der Waals surface area (Å²) in [6.45, 7) is 5.39. The minimum Gasteiger partial charge on any atom is -0.497 e. The molecule has 0 spiro atoms. The summed E-state index contributed by atoms with van der Waals surface area (Å²) in [5.74, 6) is 0.268. The van der Waals surface area contributed by atoms with Gasteiger partial charge < -0.3 is 19.5 Å². The summed E-state index contributed by atoms with van der Waals surface area (Å²) >= 11 is 0. The van der Waals surface area contributed by atoms with Gasteiger partial charge in [-0.15, -0.1) is 0 Å². The Labute approximate surface area is 159 Å². The lowest BCUT2D eigenvalue weighted by atomic mass is 10.1. The molecule has 0 aliphatic heterocycles. The fraction of sp³-hybridized carbons (Fsp3) is 0.333. The molecular weight excluding hydrogens is 346 g/mol. The van der Waals surface area contributed by atoms with E-state index in [-0.39, 0.29) is 12.3 Å². The number of hydrogen-bond acceptors (Lipinski definition) is 5. The number of rotatable bonds is 7. The zero-order valence-corrected chi connectivity index (χ0v) is 16.3. The molecule has 0 radical (unpaired) electrons. The van der Waals surface area contributed by atoms with Crippen molar-refractivity contribution in [3.8, 4) is 11.5 Å². The maximum atomic E-state index is 12.3. The van der Waals surface area contributed by atoms with E-state index >= 15 is 0 Å². The van der Waals surface area contributed by atoms with E-state index in [1.165, 1.54) is 7.11 Å². The van der Waals surface area contributed by atoms with Crippen LogP contribution in [0.2, 0.25) is 0 Å². The van der Waals surface area contributed by atoms with Crippen LogP contribution in [0.4, 0.5) is 5.69 Å². The third kappa shape index (κ3) is 5.48. The highest BCUT2D eigenvalue weighted by molar-refractivity contribution is 5.95. The van der Waals surface area contributed by atoms with Gasteiger partial charge in [0.1, 0.15) is 11.5 Å². The number of methoxy groups -OCH3 is 2. The van der Waals surface area contributed by atoms with Crippen molar-refractivity contribution in [2.24, 2.45) is 0 Å². The lowest BCUT2D eigenvalue weighted by molar-refractivity contribution is -0.152. The van der Waals surface area contributed by atoms with Gasteiger partial charge in [-0.25, -0.2) is 0 Å². The molecule has 6 nitrogen and oxygen atoms in total. The van der Waals surface area contributed by atoms with Gasteiger partial charge in [-0.1, -0.05) is 18.2 Å². The van der Waals surface area contributed by atoms with E-state index in [4.69, 9.17) is 14.2 Å². The van der Waals surface area contributed by atoms with Crippen molar-refractivity contribution in [3.63, 3.8) is 0 Å². The fourth-order valence-corrected chi connectivity index (χ4v) is 2.55. The second kappa shape index (κ2) is 9.07. The largest absolute Gasteiger partial charge is 0.497 e. The molecule has 0 heterocycles. The van der Waals surface area contributed by atoms with Gasteiger partial charge in [-0.3, -0.25) is 9.59 Å². The van der Waals surface area contributed by atoms with Gasteiger partial charge in [0, 0.05) is 17.3 Å². The van der Waals surface area contributed by atoms with Gasteiger partial charge >= 0.3 is 5.97 Å². The molecule has 1 atom stereocenters. The molecule has 27 heavy (non-hydrogen) atoms. The van der Waals surface area contributed by atoms with Gasteiger partial charge in [0.15, 0.2) is 6.10 Å². The van der Waals surface area contributed by atoms with Crippen LogP contribution in [0, 0.1) is 13.8 Å². The molecule has 1 amide bonds. The van der Waals surface area contributed by atoms with E-state index in [1.807, 2.05) is 32.0 Å². The van der Waals surface area contributed by atoms with Crippen LogP contribution < -0.4 is 14.8 Å². The normalized spacial score (nSPS) is 11.4. The van der Waals surface area contributed by atoms with Crippen LogP contribution in [0.3, 0.4) is 0 Å². The zero-order chi connectivity index (χ0) is 20.0. The van der Waals surface area contributed by atoms with Crippen molar-refractivity contribution in [2.45, 2.75) is 33.3 Å². The Bertz CT molecular complexity index is 831. The number of anilines is 1. The molecule has 0 aliphatic rings. The molecule has 2 aromatic carbocycles. The highest BCUT2D eigenvalue weighted by Crippen LogP contribution is 2.25. The van der Waals surface area contributed by atoms with Gasteiger partial charge in [-0.2, -0.15) is 0 Å². The Morgan fingerprint density at radius 3 is 2.44 bits per heavy atom. The predicted octanol–water partition coefficient (Wildman–Crippen LogP) is 3.43. The van der Waals surface area contributed by atoms with Gasteiger partial charge in [0.25, 0.3) is 5.91 Å². The van der Waals surface area contributed by atoms with Crippen LogP contribution in [0.1, 0.15) is 23.6 Å². The van der Waals surface area contributed by atoms with Crippen LogP contribution in [0.15, 0.2) is 36.4 Å². The van der Waals surface area contributed by atoms with Crippen LogP contribution in [0.5, 0.6) is 11.5 Å². The lowest BCUT2D eigenvalue weighted by Gasteiger charge is -2.16. The second-order valence-corrected chi connectivity index (χ2v) is 6.29. The maximum Gasteiger partial charge on any atom is 0.311 e. The SMILES string of the molecule is COc1ccc(CC(=O)O[C@@H](C)C(=O)Nc2cc(C)ccc2C)c(OC)c1. The molecule has 2 aromatic rings. The molecule has 0 saturated carbocycles. The van der Waals surface area contributed by atoms with Gasteiger partial charge in [0.2, 0.25) is 0 Å². The molecule has 2 rings (SSSR count). The minimum absolute atomic E-state index is 0.00569. The molecule has 0 fully saturated rings. The molecule has 0 unspecified atom stereocenters. The lowest BCUT2D eigenvalue weighted by Crippen LogP contribution is -2.30. The average Bonchev–Trinajstić information content (AvgIpc) is 2.64. The smallest absolute Gasteiger partial charge is 0.311 e. The van der Waals surface area contributed by atoms with Crippen LogP contribution >= 0.6 is 0 Å². The Balaban J connectivity index is 1.98. The van der Waals surface area contributed by atoms with Crippen molar-refractivity contribution >= 4 is 17.6 Å². The number of hydrogen-bond donors (Lipinski definition) is 1. The van der Waals surface area contributed by atoms with E-state index in [9.17, 15) is 9.59 Å². The first-order valence-corrected chi connectivity index (χ1v) is 8.62. The molecule has 6 heteroatoms. The number of carbonyl (C=O) groups excluding carboxylic acids is 2. The summed E-state index contributed by atoms with van der Waals surface area (Å²) in [4.78, 5) is 24.6. The Morgan fingerprint density at radius 2 is 1.78 bits per heavy atom. The zero-order valence-electron chi connectivity index (χ0n) is 16.3. The number of amides is 1. The van der Waals surface area contributed by atoms with Crippen LogP contribution in [-0.4, -0.2) is 32.2 Å². The third-order valence-corrected chi connectivity index (χ3v) is 4.16. The monoisotopic (exact) mass is 371 g/mol. The van der Waals surface area contributed by atoms with E-state index in [2.05, 4.69) is 5.32 Å². The maximum absolute atomic E-state index is 12.3. The highest BCUT2D eigenvalue weighted by atomic mass is 16.5. The molecule has 0 saturated heterocycles. The predicted molar refractivity (Wildman–Crippen MR) is 103 cm³/mol. The minimum atomic E-state index is -0.915. The number of nitrogens with one attached hydrogen (secondary N) is 1. The van der Waals surface area contributed by atoms with Crippen LogP contribution in [-0.2, 0) is 20.7 Å². The summed E-state index contributed by atoms with van der Waals surface area (Å²) < 4.78 is 15.7. The van der Waals surface area contributed by atoms with Gasteiger partial charge in [-0.05, 0) is 44.0 Å². The van der Waals surface area contributed by atoms with E-state index in [0.717, 1.165) is 11.1 Å².